The number of nitrogens with one attached hydrogen (secondary N) is 3. The molecule has 0 saturated carbocycles. The highest BCUT2D eigenvalue weighted by Gasteiger charge is 2.25. The van der Waals surface area contributed by atoms with E-state index < -0.39 is 0 Å². The summed E-state index contributed by atoms with van der Waals surface area (Å²) in [6.07, 6.45) is 0.888. The second-order valence-electron chi connectivity index (χ2n) is 4.76. The van der Waals surface area contributed by atoms with E-state index in [1.165, 1.54) is 6.92 Å². The van der Waals surface area contributed by atoms with Gasteiger partial charge in [-0.3, -0.25) is 19.7 Å². The molecule has 1 heterocycles. The van der Waals surface area contributed by atoms with Crippen LogP contribution in [0.3, 0.4) is 0 Å². The van der Waals surface area contributed by atoms with Crippen molar-refractivity contribution >= 4 is 23.4 Å². The molecule has 1 aliphatic rings. The fourth-order valence-corrected chi connectivity index (χ4v) is 2.04. The number of anilines is 1. The average molecular weight is 275 g/mol. The van der Waals surface area contributed by atoms with Crippen LogP contribution >= 0.6 is 0 Å². The van der Waals surface area contributed by atoms with Crippen LogP contribution in [0.4, 0.5) is 5.69 Å². The molecule has 0 spiro atoms. The van der Waals surface area contributed by atoms with Crippen molar-refractivity contribution in [3.63, 3.8) is 0 Å². The van der Waals surface area contributed by atoms with Crippen molar-refractivity contribution in [1.29, 1.82) is 0 Å². The summed E-state index contributed by atoms with van der Waals surface area (Å²) in [5.41, 5.74) is 1.74. The molecule has 1 saturated heterocycles. The maximum absolute atomic E-state index is 11.6. The van der Waals surface area contributed by atoms with Crippen molar-refractivity contribution in [2.75, 3.05) is 5.32 Å². The summed E-state index contributed by atoms with van der Waals surface area (Å²) < 4.78 is 0. The molecule has 0 aliphatic carbocycles. The molecule has 1 fully saturated rings. The van der Waals surface area contributed by atoms with E-state index in [0.717, 1.165) is 11.3 Å². The Hall–Kier alpha value is -2.21. The predicted octanol–water partition coefficient (Wildman–Crippen LogP) is 0.540. The van der Waals surface area contributed by atoms with Gasteiger partial charge in [0.2, 0.25) is 17.7 Å². The summed E-state index contributed by atoms with van der Waals surface area (Å²) in [5, 5.41) is 8.11. The Labute approximate surface area is 116 Å². The zero-order chi connectivity index (χ0) is 14.5. The summed E-state index contributed by atoms with van der Waals surface area (Å²) in [7, 11) is 0. The van der Waals surface area contributed by atoms with Gasteiger partial charge >= 0.3 is 0 Å². The average Bonchev–Trinajstić information content (AvgIpc) is 2.39. The largest absolute Gasteiger partial charge is 0.326 e. The first-order valence-electron chi connectivity index (χ1n) is 6.48. The summed E-state index contributed by atoms with van der Waals surface area (Å²) in [6, 6.07) is 7.04. The molecule has 1 aliphatic heterocycles. The summed E-state index contributed by atoms with van der Waals surface area (Å²) in [6.45, 7) is 1.99. The van der Waals surface area contributed by atoms with Crippen LogP contribution in [0.15, 0.2) is 24.3 Å². The van der Waals surface area contributed by atoms with Crippen LogP contribution in [0.25, 0.3) is 0 Å². The van der Waals surface area contributed by atoms with Crippen molar-refractivity contribution in [2.45, 2.75) is 32.4 Å². The number of piperidine rings is 1. The summed E-state index contributed by atoms with van der Waals surface area (Å²) in [4.78, 5) is 33.5. The Kier molecular flexibility index (Phi) is 4.47. The first kappa shape index (κ1) is 14.2. The molecule has 106 valence electrons. The highest BCUT2D eigenvalue weighted by atomic mass is 16.2. The zero-order valence-corrected chi connectivity index (χ0v) is 11.2. The van der Waals surface area contributed by atoms with Crippen LogP contribution in [0, 0.1) is 0 Å². The lowest BCUT2D eigenvalue weighted by Gasteiger charge is -2.21. The van der Waals surface area contributed by atoms with Gasteiger partial charge in [-0.25, -0.2) is 0 Å². The van der Waals surface area contributed by atoms with Gasteiger partial charge in [0.25, 0.3) is 0 Å². The molecule has 0 aromatic heterocycles. The highest BCUT2D eigenvalue weighted by Crippen LogP contribution is 2.10. The van der Waals surface area contributed by atoms with E-state index in [1.807, 2.05) is 24.3 Å². The lowest BCUT2D eigenvalue weighted by atomic mass is 10.1. The van der Waals surface area contributed by atoms with E-state index in [0.29, 0.717) is 19.4 Å². The molecule has 2 rings (SSSR count). The molecule has 3 amide bonds. The minimum absolute atomic E-state index is 0.112. The topological polar surface area (TPSA) is 87.3 Å². The number of imide groups is 1. The van der Waals surface area contributed by atoms with E-state index in [9.17, 15) is 14.4 Å². The molecule has 1 atom stereocenters. The summed E-state index contributed by atoms with van der Waals surface area (Å²) >= 11 is 0. The number of benzene rings is 1. The van der Waals surface area contributed by atoms with Crippen LogP contribution in [-0.2, 0) is 20.9 Å². The molecule has 6 heteroatoms. The van der Waals surface area contributed by atoms with Gasteiger partial charge in [0.05, 0.1) is 6.04 Å². The Bertz CT molecular complexity index is 525. The second kappa shape index (κ2) is 6.29. The van der Waals surface area contributed by atoms with Gasteiger partial charge in [-0.15, -0.1) is 0 Å². The zero-order valence-electron chi connectivity index (χ0n) is 11.2. The standard InChI is InChI=1S/C14H17N3O3/c1-9(18)16-11-4-2-10(3-5-11)8-15-12-6-7-13(19)17-14(12)20/h2-5,12,15H,6-8H2,1H3,(H,16,18)(H,17,19,20). The van der Waals surface area contributed by atoms with Crippen LogP contribution in [0.5, 0.6) is 0 Å². The fraction of sp³-hybridized carbons (Fsp3) is 0.357. The number of carbonyl (C=O) groups excluding carboxylic acids is 3. The Morgan fingerprint density at radius 3 is 2.60 bits per heavy atom. The van der Waals surface area contributed by atoms with Gasteiger partial charge in [0, 0.05) is 25.6 Å². The molecule has 1 aromatic rings. The molecule has 0 bridgehead atoms. The van der Waals surface area contributed by atoms with Crippen molar-refractivity contribution in [1.82, 2.24) is 10.6 Å². The Morgan fingerprint density at radius 1 is 1.30 bits per heavy atom. The van der Waals surface area contributed by atoms with Crippen molar-refractivity contribution in [2.24, 2.45) is 0 Å². The van der Waals surface area contributed by atoms with E-state index in [2.05, 4.69) is 16.0 Å². The molecule has 6 nitrogen and oxygen atoms in total. The van der Waals surface area contributed by atoms with Crippen LogP contribution in [-0.4, -0.2) is 23.8 Å². The molecule has 20 heavy (non-hydrogen) atoms. The Morgan fingerprint density at radius 2 is 2.00 bits per heavy atom. The molecule has 1 aromatic carbocycles. The lowest BCUT2D eigenvalue weighted by Crippen LogP contribution is -2.50. The van der Waals surface area contributed by atoms with Crippen LogP contribution < -0.4 is 16.0 Å². The number of carbonyl (C=O) groups is 3. The molecule has 0 radical (unpaired) electrons. The van der Waals surface area contributed by atoms with Gasteiger partial charge in [-0.1, -0.05) is 12.1 Å². The van der Waals surface area contributed by atoms with Gasteiger partial charge in [0.1, 0.15) is 0 Å². The lowest BCUT2D eigenvalue weighted by molar-refractivity contribution is -0.134. The maximum Gasteiger partial charge on any atom is 0.243 e. The smallest absolute Gasteiger partial charge is 0.243 e. The van der Waals surface area contributed by atoms with E-state index in [1.54, 1.807) is 0 Å². The quantitative estimate of drug-likeness (QED) is 0.700. The number of rotatable bonds is 4. The Balaban J connectivity index is 1.86. The van der Waals surface area contributed by atoms with Gasteiger partial charge in [0.15, 0.2) is 0 Å². The number of hydrogen-bond acceptors (Lipinski definition) is 4. The van der Waals surface area contributed by atoms with Gasteiger partial charge in [-0.2, -0.15) is 0 Å². The van der Waals surface area contributed by atoms with Crippen LogP contribution in [0.1, 0.15) is 25.3 Å². The minimum atomic E-state index is -0.331. The summed E-state index contributed by atoms with van der Waals surface area (Å²) in [5.74, 6) is -0.594. The number of amides is 3. The first-order valence-corrected chi connectivity index (χ1v) is 6.48. The van der Waals surface area contributed by atoms with Crippen molar-refractivity contribution in [3.05, 3.63) is 29.8 Å². The number of hydrogen-bond donors (Lipinski definition) is 3. The third-order valence-electron chi connectivity index (χ3n) is 3.07. The SMILES string of the molecule is CC(=O)Nc1ccc(CNC2CCC(=O)NC2=O)cc1. The molecular weight excluding hydrogens is 258 g/mol. The molecule has 1 unspecified atom stereocenters. The minimum Gasteiger partial charge on any atom is -0.326 e. The first-order chi connectivity index (χ1) is 9.54. The third kappa shape index (κ3) is 3.89. The second-order valence-corrected chi connectivity index (χ2v) is 4.76. The predicted molar refractivity (Wildman–Crippen MR) is 73.8 cm³/mol. The van der Waals surface area contributed by atoms with E-state index in [4.69, 9.17) is 0 Å². The highest BCUT2D eigenvalue weighted by molar-refractivity contribution is 6.00. The van der Waals surface area contributed by atoms with Crippen molar-refractivity contribution in [3.8, 4) is 0 Å². The van der Waals surface area contributed by atoms with Gasteiger partial charge < -0.3 is 10.6 Å². The maximum atomic E-state index is 11.6. The van der Waals surface area contributed by atoms with Gasteiger partial charge in [-0.05, 0) is 24.1 Å². The van der Waals surface area contributed by atoms with E-state index >= 15 is 0 Å². The van der Waals surface area contributed by atoms with Crippen LogP contribution in [0.2, 0.25) is 0 Å². The van der Waals surface area contributed by atoms with Crippen molar-refractivity contribution < 1.29 is 14.4 Å². The normalized spacial score (nSPS) is 18.6. The third-order valence-corrected chi connectivity index (χ3v) is 3.07. The molecule has 3 N–H and O–H groups in total. The monoisotopic (exact) mass is 275 g/mol. The van der Waals surface area contributed by atoms with E-state index in [-0.39, 0.29) is 23.8 Å². The molecular formula is C14H17N3O3. The fourth-order valence-electron chi connectivity index (χ4n) is 2.04.